The van der Waals surface area contributed by atoms with Crippen molar-refractivity contribution in [3.8, 4) is 5.75 Å². The molecular weight excluding hydrogens is 250 g/mol. The van der Waals surface area contributed by atoms with Crippen LogP contribution in [0.15, 0.2) is 18.2 Å². The zero-order chi connectivity index (χ0) is 13.9. The molecule has 3 nitrogen and oxygen atoms in total. The Hall–Kier alpha value is -1.22. The first kappa shape index (κ1) is 14.8. The molecule has 0 bridgehead atoms. The number of hydrogen-bond donors (Lipinski definition) is 0. The van der Waals surface area contributed by atoms with E-state index in [9.17, 15) is 4.79 Å². The standard InChI is InChI=1S/C14H20ClNO2/c1-9(2)16(10(3)4)14(17)11-6-7-13(18-5)12(15)8-11/h6-10H,1-5H3. The van der Waals surface area contributed by atoms with Crippen molar-refractivity contribution < 1.29 is 9.53 Å². The molecule has 4 heteroatoms. The quantitative estimate of drug-likeness (QED) is 0.836. The zero-order valence-corrected chi connectivity index (χ0v) is 12.3. The summed E-state index contributed by atoms with van der Waals surface area (Å²) in [6.07, 6.45) is 0. The SMILES string of the molecule is COc1ccc(C(=O)N(C(C)C)C(C)C)cc1Cl. The van der Waals surface area contributed by atoms with E-state index in [4.69, 9.17) is 16.3 Å². The summed E-state index contributed by atoms with van der Waals surface area (Å²) in [5, 5.41) is 0.454. The number of nitrogens with zero attached hydrogens (tertiary/aromatic N) is 1. The summed E-state index contributed by atoms with van der Waals surface area (Å²) in [4.78, 5) is 14.2. The van der Waals surface area contributed by atoms with Gasteiger partial charge in [0.2, 0.25) is 0 Å². The highest BCUT2D eigenvalue weighted by molar-refractivity contribution is 6.32. The van der Waals surface area contributed by atoms with Gasteiger partial charge in [0.25, 0.3) is 5.91 Å². The molecule has 0 aliphatic heterocycles. The first-order chi connectivity index (χ1) is 8.38. The number of methoxy groups -OCH3 is 1. The molecule has 0 N–H and O–H groups in total. The fraction of sp³-hybridized carbons (Fsp3) is 0.500. The second kappa shape index (κ2) is 6.10. The maximum Gasteiger partial charge on any atom is 0.254 e. The minimum atomic E-state index is -0.00967. The van der Waals surface area contributed by atoms with Gasteiger partial charge in [-0.15, -0.1) is 0 Å². The van der Waals surface area contributed by atoms with Crippen molar-refractivity contribution in [2.75, 3.05) is 7.11 Å². The van der Waals surface area contributed by atoms with Gasteiger partial charge in [-0.2, -0.15) is 0 Å². The number of rotatable bonds is 4. The van der Waals surface area contributed by atoms with Crippen LogP contribution in [0.1, 0.15) is 38.1 Å². The van der Waals surface area contributed by atoms with Crippen molar-refractivity contribution in [3.05, 3.63) is 28.8 Å². The van der Waals surface area contributed by atoms with Gasteiger partial charge in [0, 0.05) is 17.6 Å². The minimum absolute atomic E-state index is 0.00967. The largest absolute Gasteiger partial charge is 0.495 e. The molecule has 1 rings (SSSR count). The van der Waals surface area contributed by atoms with E-state index in [1.165, 1.54) is 0 Å². The molecule has 0 aromatic heterocycles. The Kier molecular flexibility index (Phi) is 5.03. The molecule has 0 unspecified atom stereocenters. The summed E-state index contributed by atoms with van der Waals surface area (Å²) in [6.45, 7) is 8.01. The van der Waals surface area contributed by atoms with Crippen LogP contribution >= 0.6 is 11.6 Å². The van der Waals surface area contributed by atoms with Crippen molar-refractivity contribution in [2.45, 2.75) is 39.8 Å². The topological polar surface area (TPSA) is 29.5 Å². The van der Waals surface area contributed by atoms with Gasteiger partial charge in [0.15, 0.2) is 0 Å². The van der Waals surface area contributed by atoms with E-state index in [1.54, 1.807) is 25.3 Å². The summed E-state index contributed by atoms with van der Waals surface area (Å²) in [6, 6.07) is 5.41. The predicted molar refractivity (Wildman–Crippen MR) is 74.4 cm³/mol. The molecule has 1 amide bonds. The van der Waals surface area contributed by atoms with Crippen LogP contribution in [0.5, 0.6) is 5.75 Å². The van der Waals surface area contributed by atoms with Crippen LogP contribution in [0.25, 0.3) is 0 Å². The molecule has 0 fully saturated rings. The van der Waals surface area contributed by atoms with Crippen LogP contribution in [0.4, 0.5) is 0 Å². The highest BCUT2D eigenvalue weighted by Crippen LogP contribution is 2.26. The van der Waals surface area contributed by atoms with Crippen LogP contribution in [0.3, 0.4) is 0 Å². The van der Waals surface area contributed by atoms with Crippen LogP contribution in [-0.4, -0.2) is 30.0 Å². The second-order valence-electron chi connectivity index (χ2n) is 4.75. The molecule has 100 valence electrons. The molecule has 0 saturated carbocycles. The highest BCUT2D eigenvalue weighted by Gasteiger charge is 2.22. The van der Waals surface area contributed by atoms with E-state index in [-0.39, 0.29) is 18.0 Å². The second-order valence-corrected chi connectivity index (χ2v) is 5.16. The summed E-state index contributed by atoms with van der Waals surface area (Å²) in [7, 11) is 1.55. The Morgan fingerprint density at radius 1 is 1.22 bits per heavy atom. The van der Waals surface area contributed by atoms with E-state index in [2.05, 4.69) is 0 Å². The average Bonchev–Trinajstić information content (AvgIpc) is 2.27. The Morgan fingerprint density at radius 2 is 1.78 bits per heavy atom. The minimum Gasteiger partial charge on any atom is -0.495 e. The smallest absolute Gasteiger partial charge is 0.254 e. The highest BCUT2D eigenvalue weighted by atomic mass is 35.5. The molecule has 0 atom stereocenters. The fourth-order valence-electron chi connectivity index (χ4n) is 2.01. The third-order valence-corrected chi connectivity index (χ3v) is 3.04. The number of carbonyl (C=O) groups is 1. The maximum absolute atomic E-state index is 12.4. The van der Waals surface area contributed by atoms with Crippen LogP contribution in [0.2, 0.25) is 5.02 Å². The van der Waals surface area contributed by atoms with E-state index in [0.717, 1.165) is 0 Å². The number of hydrogen-bond acceptors (Lipinski definition) is 2. The van der Waals surface area contributed by atoms with Crippen LogP contribution < -0.4 is 4.74 Å². The van der Waals surface area contributed by atoms with Gasteiger partial charge in [-0.05, 0) is 45.9 Å². The molecule has 0 saturated heterocycles. The summed E-state index contributed by atoms with van der Waals surface area (Å²) < 4.78 is 5.08. The fourth-order valence-corrected chi connectivity index (χ4v) is 2.27. The molecule has 0 heterocycles. The van der Waals surface area contributed by atoms with E-state index >= 15 is 0 Å². The molecular formula is C14H20ClNO2. The third kappa shape index (κ3) is 3.16. The third-order valence-electron chi connectivity index (χ3n) is 2.75. The van der Waals surface area contributed by atoms with E-state index in [1.807, 2.05) is 32.6 Å². The lowest BCUT2D eigenvalue weighted by Crippen LogP contribution is -2.42. The monoisotopic (exact) mass is 269 g/mol. The van der Waals surface area contributed by atoms with Gasteiger partial charge >= 0.3 is 0 Å². The number of benzene rings is 1. The van der Waals surface area contributed by atoms with E-state index in [0.29, 0.717) is 16.3 Å². The summed E-state index contributed by atoms with van der Waals surface area (Å²) in [5.41, 5.74) is 0.586. The first-order valence-electron chi connectivity index (χ1n) is 6.04. The molecule has 1 aromatic rings. The van der Waals surface area contributed by atoms with Crippen molar-refractivity contribution >= 4 is 17.5 Å². The van der Waals surface area contributed by atoms with Gasteiger partial charge in [-0.25, -0.2) is 0 Å². The number of amides is 1. The molecule has 0 aliphatic carbocycles. The summed E-state index contributed by atoms with van der Waals surface area (Å²) in [5.74, 6) is 0.568. The zero-order valence-electron chi connectivity index (χ0n) is 11.5. The van der Waals surface area contributed by atoms with Gasteiger partial charge in [-0.3, -0.25) is 4.79 Å². The average molecular weight is 270 g/mol. The van der Waals surface area contributed by atoms with Gasteiger partial charge in [-0.1, -0.05) is 11.6 Å². The van der Waals surface area contributed by atoms with Gasteiger partial charge in [0.1, 0.15) is 5.75 Å². The number of halogens is 1. The van der Waals surface area contributed by atoms with Crippen molar-refractivity contribution in [1.82, 2.24) is 4.90 Å². The van der Waals surface area contributed by atoms with Gasteiger partial charge < -0.3 is 9.64 Å². The number of ether oxygens (including phenoxy) is 1. The molecule has 1 aromatic carbocycles. The van der Waals surface area contributed by atoms with Crippen molar-refractivity contribution in [3.63, 3.8) is 0 Å². The van der Waals surface area contributed by atoms with Crippen molar-refractivity contribution in [1.29, 1.82) is 0 Å². The van der Waals surface area contributed by atoms with Gasteiger partial charge in [0.05, 0.1) is 12.1 Å². The Labute approximate surface area is 114 Å². The van der Waals surface area contributed by atoms with E-state index < -0.39 is 0 Å². The molecule has 0 aliphatic rings. The Bertz CT molecular complexity index is 422. The predicted octanol–water partition coefficient (Wildman–Crippen LogP) is 3.61. The molecule has 18 heavy (non-hydrogen) atoms. The summed E-state index contributed by atoms with van der Waals surface area (Å²) >= 11 is 6.04. The number of carbonyl (C=O) groups excluding carboxylic acids is 1. The molecule has 0 spiro atoms. The maximum atomic E-state index is 12.4. The normalized spacial score (nSPS) is 10.9. The van der Waals surface area contributed by atoms with Crippen LogP contribution in [-0.2, 0) is 0 Å². The Morgan fingerprint density at radius 3 is 2.17 bits per heavy atom. The van der Waals surface area contributed by atoms with Crippen molar-refractivity contribution in [2.24, 2.45) is 0 Å². The lowest BCUT2D eigenvalue weighted by Gasteiger charge is -2.31. The molecule has 0 radical (unpaired) electrons. The van der Waals surface area contributed by atoms with Crippen LogP contribution in [0, 0.1) is 0 Å². The Balaban J connectivity index is 3.06. The lowest BCUT2D eigenvalue weighted by atomic mass is 10.1. The lowest BCUT2D eigenvalue weighted by molar-refractivity contribution is 0.0643. The first-order valence-corrected chi connectivity index (χ1v) is 6.42.